The van der Waals surface area contributed by atoms with E-state index >= 15 is 0 Å². The third-order valence-corrected chi connectivity index (χ3v) is 4.97. The molecule has 1 aromatic rings. The predicted molar refractivity (Wildman–Crippen MR) is 94.6 cm³/mol. The van der Waals surface area contributed by atoms with Crippen molar-refractivity contribution in [1.29, 1.82) is 0 Å². The summed E-state index contributed by atoms with van der Waals surface area (Å²) < 4.78 is 0. The third kappa shape index (κ3) is 4.92. The van der Waals surface area contributed by atoms with E-state index in [1.54, 1.807) is 0 Å². The molecule has 0 aromatic carbocycles. The predicted octanol–water partition coefficient (Wildman–Crippen LogP) is 2.15. The van der Waals surface area contributed by atoms with Crippen molar-refractivity contribution in [2.24, 2.45) is 5.92 Å². The molecule has 0 atom stereocenters. The summed E-state index contributed by atoms with van der Waals surface area (Å²) in [4.78, 5) is 29.6. The van der Waals surface area contributed by atoms with Crippen LogP contribution in [0.2, 0.25) is 0 Å². The highest BCUT2D eigenvalue weighted by Crippen LogP contribution is 2.33. The highest BCUT2D eigenvalue weighted by molar-refractivity contribution is 5.90. The molecule has 136 valence electrons. The van der Waals surface area contributed by atoms with Gasteiger partial charge in [0.1, 0.15) is 0 Å². The number of rotatable bonds is 7. The maximum absolute atomic E-state index is 12.1. The standard InChI is InChI=1S/C18H26N4O3/c1-11-3-6-16(12(2)19-11)21-18(25)20-14-7-15(8-14)22(10-17(23)24)9-13-4-5-13/h3,6,13-15H,4-5,7-10H2,1-2H3,(H,23,24)(H2,20,21,25). The van der Waals surface area contributed by atoms with Crippen LogP contribution in [0.4, 0.5) is 10.5 Å². The number of carbonyl (C=O) groups is 2. The lowest BCUT2D eigenvalue weighted by molar-refractivity contribution is -0.139. The molecule has 7 heteroatoms. The number of amides is 2. The molecule has 1 heterocycles. The molecule has 7 nitrogen and oxygen atoms in total. The molecule has 2 fully saturated rings. The number of carbonyl (C=O) groups excluding carboxylic acids is 1. The van der Waals surface area contributed by atoms with Gasteiger partial charge in [0.05, 0.1) is 17.9 Å². The van der Waals surface area contributed by atoms with Gasteiger partial charge in [-0.1, -0.05) is 0 Å². The molecular formula is C18H26N4O3. The lowest BCUT2D eigenvalue weighted by atomic mass is 9.85. The summed E-state index contributed by atoms with van der Waals surface area (Å²) in [5.41, 5.74) is 2.42. The summed E-state index contributed by atoms with van der Waals surface area (Å²) >= 11 is 0. The lowest BCUT2D eigenvalue weighted by Gasteiger charge is -2.42. The second-order valence-electron chi connectivity index (χ2n) is 7.27. The smallest absolute Gasteiger partial charge is 0.319 e. The topological polar surface area (TPSA) is 94.6 Å². The first kappa shape index (κ1) is 17.7. The largest absolute Gasteiger partial charge is 0.480 e. The number of hydrogen-bond acceptors (Lipinski definition) is 4. The number of anilines is 1. The first-order valence-corrected chi connectivity index (χ1v) is 8.88. The van der Waals surface area contributed by atoms with Gasteiger partial charge in [-0.2, -0.15) is 0 Å². The number of nitrogens with one attached hydrogen (secondary N) is 2. The van der Waals surface area contributed by atoms with E-state index in [0.717, 1.165) is 30.8 Å². The number of carboxylic acids is 1. The normalized spacial score (nSPS) is 22.4. The monoisotopic (exact) mass is 346 g/mol. The van der Waals surface area contributed by atoms with Gasteiger partial charge in [-0.25, -0.2) is 4.79 Å². The molecule has 0 bridgehead atoms. The van der Waals surface area contributed by atoms with Gasteiger partial charge in [0, 0.05) is 24.3 Å². The Morgan fingerprint density at radius 3 is 2.60 bits per heavy atom. The van der Waals surface area contributed by atoms with E-state index in [0.29, 0.717) is 11.6 Å². The van der Waals surface area contributed by atoms with E-state index in [1.807, 2.05) is 26.0 Å². The maximum Gasteiger partial charge on any atom is 0.319 e. The number of urea groups is 1. The van der Waals surface area contributed by atoms with E-state index in [9.17, 15) is 9.59 Å². The summed E-state index contributed by atoms with van der Waals surface area (Å²) in [6, 6.07) is 3.84. The number of nitrogens with zero attached hydrogens (tertiary/aromatic N) is 2. The van der Waals surface area contributed by atoms with Crippen LogP contribution in [-0.4, -0.2) is 52.2 Å². The molecule has 0 aliphatic heterocycles. The zero-order valence-electron chi connectivity index (χ0n) is 14.8. The fourth-order valence-electron chi connectivity index (χ4n) is 3.31. The van der Waals surface area contributed by atoms with Crippen LogP contribution in [0.5, 0.6) is 0 Å². The summed E-state index contributed by atoms with van der Waals surface area (Å²) in [5.74, 6) is -0.121. The minimum absolute atomic E-state index is 0.0916. The average Bonchev–Trinajstić information content (AvgIpc) is 3.28. The lowest BCUT2D eigenvalue weighted by Crippen LogP contribution is -2.55. The molecule has 2 aliphatic rings. The van der Waals surface area contributed by atoms with E-state index in [4.69, 9.17) is 5.11 Å². The minimum Gasteiger partial charge on any atom is -0.480 e. The van der Waals surface area contributed by atoms with Crippen LogP contribution < -0.4 is 10.6 Å². The van der Waals surface area contributed by atoms with Crippen molar-refractivity contribution in [3.63, 3.8) is 0 Å². The average molecular weight is 346 g/mol. The van der Waals surface area contributed by atoms with Gasteiger partial charge in [-0.05, 0) is 57.6 Å². The third-order valence-electron chi connectivity index (χ3n) is 4.97. The van der Waals surface area contributed by atoms with Crippen molar-refractivity contribution in [3.8, 4) is 0 Å². The fraction of sp³-hybridized carbons (Fsp3) is 0.611. The Morgan fingerprint density at radius 1 is 1.28 bits per heavy atom. The fourth-order valence-corrected chi connectivity index (χ4v) is 3.31. The summed E-state index contributed by atoms with van der Waals surface area (Å²) in [6.45, 7) is 4.73. The van der Waals surface area contributed by atoms with Crippen molar-refractivity contribution in [2.45, 2.75) is 51.6 Å². The van der Waals surface area contributed by atoms with E-state index < -0.39 is 5.97 Å². The first-order chi connectivity index (χ1) is 11.9. The molecule has 3 N–H and O–H groups in total. The summed E-state index contributed by atoms with van der Waals surface area (Å²) in [6.07, 6.45) is 4.02. The second kappa shape index (κ2) is 7.39. The molecule has 0 saturated heterocycles. The van der Waals surface area contributed by atoms with Crippen LogP contribution in [0.15, 0.2) is 12.1 Å². The minimum atomic E-state index is -0.780. The number of aliphatic carboxylic acids is 1. The SMILES string of the molecule is Cc1ccc(NC(=O)NC2CC(N(CC(=O)O)CC3CC3)C2)c(C)n1. The van der Waals surface area contributed by atoms with Gasteiger partial charge >= 0.3 is 12.0 Å². The Bertz CT molecular complexity index is 654. The number of carboxylic acid groups (broad SMARTS) is 1. The van der Waals surface area contributed by atoms with E-state index in [-0.39, 0.29) is 24.7 Å². The Labute approximate surface area is 147 Å². The number of hydrogen-bond donors (Lipinski definition) is 3. The number of pyridine rings is 1. The second-order valence-corrected chi connectivity index (χ2v) is 7.27. The van der Waals surface area contributed by atoms with Crippen molar-refractivity contribution in [3.05, 3.63) is 23.5 Å². The quantitative estimate of drug-likeness (QED) is 0.703. The molecule has 0 unspecified atom stereocenters. The van der Waals surface area contributed by atoms with Crippen LogP contribution in [0.25, 0.3) is 0 Å². The summed E-state index contributed by atoms with van der Waals surface area (Å²) in [5, 5.41) is 14.9. The Kier molecular flexibility index (Phi) is 5.22. The first-order valence-electron chi connectivity index (χ1n) is 8.88. The zero-order chi connectivity index (χ0) is 18.0. The van der Waals surface area contributed by atoms with Gasteiger partial charge < -0.3 is 15.7 Å². The van der Waals surface area contributed by atoms with Crippen LogP contribution in [0.1, 0.15) is 37.1 Å². The Morgan fingerprint density at radius 2 is 2.00 bits per heavy atom. The van der Waals surface area contributed by atoms with Crippen molar-refractivity contribution < 1.29 is 14.7 Å². The van der Waals surface area contributed by atoms with Gasteiger partial charge in [0.2, 0.25) is 0 Å². The van der Waals surface area contributed by atoms with E-state index in [2.05, 4.69) is 20.5 Å². The van der Waals surface area contributed by atoms with Crippen molar-refractivity contribution in [1.82, 2.24) is 15.2 Å². The molecule has 2 amide bonds. The van der Waals surface area contributed by atoms with Crippen LogP contribution >= 0.6 is 0 Å². The molecule has 1 aromatic heterocycles. The highest BCUT2D eigenvalue weighted by atomic mass is 16.4. The molecule has 0 radical (unpaired) electrons. The van der Waals surface area contributed by atoms with Gasteiger partial charge in [-0.15, -0.1) is 0 Å². The molecule has 2 aliphatic carbocycles. The van der Waals surface area contributed by atoms with Gasteiger partial charge in [0.15, 0.2) is 0 Å². The molecular weight excluding hydrogens is 320 g/mol. The van der Waals surface area contributed by atoms with Crippen LogP contribution in [0, 0.1) is 19.8 Å². The highest BCUT2D eigenvalue weighted by Gasteiger charge is 2.37. The number of aryl methyl sites for hydroxylation is 2. The maximum atomic E-state index is 12.1. The molecule has 2 saturated carbocycles. The van der Waals surface area contributed by atoms with Crippen molar-refractivity contribution >= 4 is 17.7 Å². The number of aromatic nitrogens is 1. The zero-order valence-corrected chi connectivity index (χ0v) is 14.8. The van der Waals surface area contributed by atoms with Gasteiger partial charge in [-0.3, -0.25) is 14.7 Å². The molecule has 3 rings (SSSR count). The van der Waals surface area contributed by atoms with Gasteiger partial charge in [0.25, 0.3) is 0 Å². The Balaban J connectivity index is 1.45. The van der Waals surface area contributed by atoms with Crippen LogP contribution in [0.3, 0.4) is 0 Å². The Hall–Kier alpha value is -2.15. The van der Waals surface area contributed by atoms with Crippen molar-refractivity contribution in [2.75, 3.05) is 18.4 Å². The van der Waals surface area contributed by atoms with E-state index in [1.165, 1.54) is 12.8 Å². The molecule has 0 spiro atoms. The van der Waals surface area contributed by atoms with Crippen LogP contribution in [-0.2, 0) is 4.79 Å². The molecule has 25 heavy (non-hydrogen) atoms. The summed E-state index contributed by atoms with van der Waals surface area (Å²) in [7, 11) is 0.